The maximum atomic E-state index is 10.9. The van der Waals surface area contributed by atoms with E-state index >= 15 is 0 Å². The maximum absolute atomic E-state index is 10.9. The van der Waals surface area contributed by atoms with Crippen molar-refractivity contribution in [2.24, 2.45) is 0 Å². The zero-order valence-electron chi connectivity index (χ0n) is 6.74. The van der Waals surface area contributed by atoms with E-state index in [0.29, 0.717) is 0 Å². The first-order chi connectivity index (χ1) is 5.63. The molecule has 5 heteroatoms. The Morgan fingerprint density at radius 2 is 2.33 bits per heavy atom. The van der Waals surface area contributed by atoms with Crippen molar-refractivity contribution in [3.05, 3.63) is 12.8 Å². The van der Waals surface area contributed by atoms with E-state index in [1.165, 1.54) is 0 Å². The third kappa shape index (κ3) is 3.05. The van der Waals surface area contributed by atoms with Crippen molar-refractivity contribution in [1.29, 1.82) is 0 Å². The number of hydrogen-bond donors (Lipinski definition) is 2. The van der Waals surface area contributed by atoms with Gasteiger partial charge in [-0.05, 0) is 13.1 Å². The molecule has 0 spiro atoms. The van der Waals surface area contributed by atoms with E-state index in [1.54, 1.807) is 6.92 Å². The molecule has 0 aromatic heterocycles. The number of rotatable bonds is 5. The summed E-state index contributed by atoms with van der Waals surface area (Å²) in [5.74, 6) is -2.10. The molecule has 0 amide bonds. The van der Waals surface area contributed by atoms with Gasteiger partial charge in [-0.2, -0.15) is 0 Å². The van der Waals surface area contributed by atoms with E-state index < -0.39 is 18.0 Å². The Labute approximate surface area is 70.0 Å². The zero-order valence-corrected chi connectivity index (χ0v) is 6.74. The molecule has 0 aromatic carbocycles. The molecule has 5 nitrogen and oxygen atoms in total. The summed E-state index contributed by atoms with van der Waals surface area (Å²) in [7, 11) is 0. The summed E-state index contributed by atoms with van der Waals surface area (Å²) in [5.41, 5.74) is 0. The molecular weight excluding hydrogens is 162 g/mol. The Hall–Kier alpha value is -1.52. The van der Waals surface area contributed by atoms with Gasteiger partial charge in [0.1, 0.15) is 0 Å². The Bertz CT molecular complexity index is 190. The highest BCUT2D eigenvalue weighted by Crippen LogP contribution is 1.89. The van der Waals surface area contributed by atoms with Gasteiger partial charge < -0.3 is 15.2 Å². The van der Waals surface area contributed by atoms with Gasteiger partial charge in [0, 0.05) is 0 Å². The number of esters is 1. The number of carboxylic acid groups (broad SMARTS) is 1. The molecule has 0 aliphatic rings. The van der Waals surface area contributed by atoms with Crippen LogP contribution >= 0.6 is 0 Å². The van der Waals surface area contributed by atoms with Crippen LogP contribution in [0, 0.1) is 0 Å². The SMILES string of the molecule is C=CNC(C(=O)O)C(=O)OCC. The third-order valence-electron chi connectivity index (χ3n) is 1.05. The molecule has 0 saturated carbocycles. The quantitative estimate of drug-likeness (QED) is 0.442. The molecule has 0 rings (SSSR count). The lowest BCUT2D eigenvalue weighted by atomic mass is 10.3. The summed E-state index contributed by atoms with van der Waals surface area (Å²) >= 11 is 0. The third-order valence-corrected chi connectivity index (χ3v) is 1.05. The zero-order chi connectivity index (χ0) is 9.56. The van der Waals surface area contributed by atoms with Crippen molar-refractivity contribution in [3.63, 3.8) is 0 Å². The van der Waals surface area contributed by atoms with Crippen LogP contribution in [-0.2, 0) is 14.3 Å². The molecule has 0 saturated heterocycles. The van der Waals surface area contributed by atoms with Gasteiger partial charge in [-0.1, -0.05) is 6.58 Å². The standard InChI is InChI=1S/C7H11NO4/c1-3-8-5(6(9)10)7(11)12-4-2/h3,5,8H,1,4H2,2H3,(H,9,10). The smallest absolute Gasteiger partial charge is 0.340 e. The van der Waals surface area contributed by atoms with E-state index in [4.69, 9.17) is 5.11 Å². The molecule has 12 heavy (non-hydrogen) atoms. The summed E-state index contributed by atoms with van der Waals surface area (Å²) in [6.07, 6.45) is 1.13. The maximum Gasteiger partial charge on any atom is 0.340 e. The molecule has 0 heterocycles. The lowest BCUT2D eigenvalue weighted by Gasteiger charge is -2.10. The summed E-state index contributed by atoms with van der Waals surface area (Å²) in [6.45, 7) is 5.00. The van der Waals surface area contributed by atoms with Crippen LogP contribution in [-0.4, -0.2) is 29.7 Å². The first-order valence-electron chi connectivity index (χ1n) is 3.39. The minimum absolute atomic E-state index is 0.154. The van der Waals surface area contributed by atoms with Crippen LogP contribution in [0.4, 0.5) is 0 Å². The van der Waals surface area contributed by atoms with Crippen molar-refractivity contribution in [2.75, 3.05) is 6.61 Å². The second-order valence-electron chi connectivity index (χ2n) is 1.89. The van der Waals surface area contributed by atoms with Crippen molar-refractivity contribution in [1.82, 2.24) is 5.32 Å². The van der Waals surface area contributed by atoms with E-state index in [2.05, 4.69) is 16.6 Å². The summed E-state index contributed by atoms with van der Waals surface area (Å²) in [4.78, 5) is 21.3. The van der Waals surface area contributed by atoms with Gasteiger partial charge in [0.05, 0.1) is 6.61 Å². The molecule has 0 aliphatic heterocycles. The monoisotopic (exact) mass is 173 g/mol. The number of carboxylic acids is 1. The van der Waals surface area contributed by atoms with Gasteiger partial charge in [0.2, 0.25) is 6.04 Å². The fourth-order valence-electron chi connectivity index (χ4n) is 0.584. The topological polar surface area (TPSA) is 75.6 Å². The molecule has 2 N–H and O–H groups in total. The van der Waals surface area contributed by atoms with Crippen LogP contribution in [0.3, 0.4) is 0 Å². The van der Waals surface area contributed by atoms with Gasteiger partial charge in [-0.15, -0.1) is 0 Å². The molecule has 0 fully saturated rings. The van der Waals surface area contributed by atoms with Crippen LogP contribution in [0.1, 0.15) is 6.92 Å². The average Bonchev–Trinajstić information content (AvgIpc) is 1.99. The number of carbonyl (C=O) groups is 2. The number of hydrogen-bond acceptors (Lipinski definition) is 4. The number of aliphatic carboxylic acids is 1. The number of ether oxygens (including phenoxy) is 1. The van der Waals surface area contributed by atoms with Crippen LogP contribution in [0.5, 0.6) is 0 Å². The average molecular weight is 173 g/mol. The Morgan fingerprint density at radius 3 is 2.67 bits per heavy atom. The highest BCUT2D eigenvalue weighted by Gasteiger charge is 2.25. The fraction of sp³-hybridized carbons (Fsp3) is 0.429. The highest BCUT2D eigenvalue weighted by atomic mass is 16.5. The van der Waals surface area contributed by atoms with E-state index in [9.17, 15) is 9.59 Å². The molecule has 68 valence electrons. The highest BCUT2D eigenvalue weighted by molar-refractivity contribution is 5.98. The summed E-state index contributed by atoms with van der Waals surface area (Å²) in [5, 5.41) is 10.7. The molecular formula is C7H11NO4. The summed E-state index contributed by atoms with van der Waals surface area (Å²) in [6, 6.07) is -1.36. The summed E-state index contributed by atoms with van der Waals surface area (Å²) < 4.78 is 4.49. The lowest BCUT2D eigenvalue weighted by Crippen LogP contribution is -2.41. The van der Waals surface area contributed by atoms with Crippen molar-refractivity contribution >= 4 is 11.9 Å². The van der Waals surface area contributed by atoms with Gasteiger partial charge in [0.15, 0.2) is 0 Å². The van der Waals surface area contributed by atoms with Crippen LogP contribution in [0.2, 0.25) is 0 Å². The second-order valence-corrected chi connectivity index (χ2v) is 1.89. The molecule has 1 unspecified atom stereocenters. The molecule has 0 aliphatic carbocycles. The van der Waals surface area contributed by atoms with Crippen LogP contribution in [0.15, 0.2) is 12.8 Å². The Morgan fingerprint density at radius 1 is 1.75 bits per heavy atom. The van der Waals surface area contributed by atoms with Gasteiger partial charge in [-0.25, -0.2) is 9.59 Å². The van der Waals surface area contributed by atoms with Crippen molar-refractivity contribution in [2.45, 2.75) is 13.0 Å². The first-order valence-corrected chi connectivity index (χ1v) is 3.39. The Kier molecular flexibility index (Phi) is 4.52. The normalized spacial score (nSPS) is 11.4. The van der Waals surface area contributed by atoms with E-state index in [1.807, 2.05) is 0 Å². The molecule has 0 bridgehead atoms. The van der Waals surface area contributed by atoms with Gasteiger partial charge >= 0.3 is 11.9 Å². The predicted molar refractivity (Wildman–Crippen MR) is 41.4 cm³/mol. The Balaban J connectivity index is 4.18. The van der Waals surface area contributed by atoms with Crippen LogP contribution in [0.25, 0.3) is 0 Å². The molecule has 0 radical (unpaired) electrons. The van der Waals surface area contributed by atoms with E-state index in [-0.39, 0.29) is 6.61 Å². The van der Waals surface area contributed by atoms with Crippen molar-refractivity contribution < 1.29 is 19.4 Å². The number of nitrogens with one attached hydrogen (secondary N) is 1. The lowest BCUT2D eigenvalue weighted by molar-refractivity contribution is -0.154. The van der Waals surface area contributed by atoms with Crippen molar-refractivity contribution in [3.8, 4) is 0 Å². The minimum Gasteiger partial charge on any atom is -0.479 e. The largest absolute Gasteiger partial charge is 0.479 e. The van der Waals surface area contributed by atoms with Crippen LogP contribution < -0.4 is 5.32 Å². The van der Waals surface area contributed by atoms with Gasteiger partial charge in [0.25, 0.3) is 0 Å². The first kappa shape index (κ1) is 10.5. The second kappa shape index (κ2) is 5.17. The molecule has 0 aromatic rings. The predicted octanol–water partition coefficient (Wildman–Crippen LogP) is -0.264. The fourth-order valence-corrected chi connectivity index (χ4v) is 0.584. The van der Waals surface area contributed by atoms with E-state index in [0.717, 1.165) is 6.20 Å². The minimum atomic E-state index is -1.36. The molecule has 1 atom stereocenters. The number of carbonyl (C=O) groups excluding carboxylic acids is 1. The van der Waals surface area contributed by atoms with Gasteiger partial charge in [-0.3, -0.25) is 0 Å².